The van der Waals surface area contributed by atoms with Gasteiger partial charge in [-0.05, 0) is 49.7 Å². The van der Waals surface area contributed by atoms with E-state index in [9.17, 15) is 19.8 Å². The van der Waals surface area contributed by atoms with Crippen LogP contribution in [0.15, 0.2) is 36.4 Å². The molecule has 0 bridgehead atoms. The Hall–Kier alpha value is -2.62. The first kappa shape index (κ1) is 15.8. The molecule has 0 unspecified atom stereocenters. The van der Waals surface area contributed by atoms with Gasteiger partial charge in [0.1, 0.15) is 11.5 Å². The summed E-state index contributed by atoms with van der Waals surface area (Å²) in [5.41, 5.74) is 1.57. The van der Waals surface area contributed by atoms with Crippen LogP contribution < -0.4 is 0 Å². The van der Waals surface area contributed by atoms with Crippen molar-refractivity contribution in [2.45, 2.75) is 26.7 Å². The van der Waals surface area contributed by atoms with E-state index in [0.29, 0.717) is 28.7 Å². The van der Waals surface area contributed by atoms with E-state index in [-0.39, 0.29) is 23.1 Å². The maximum atomic E-state index is 12.0. The average Bonchev–Trinajstić information content (AvgIpc) is 2.48. The summed E-state index contributed by atoms with van der Waals surface area (Å²) in [6.45, 7) is 3.35. The van der Waals surface area contributed by atoms with Crippen molar-refractivity contribution in [1.82, 2.24) is 0 Å². The number of benzene rings is 2. The lowest BCUT2D eigenvalue weighted by atomic mass is 9.96. The molecule has 0 aromatic heterocycles. The molecule has 4 nitrogen and oxygen atoms in total. The molecule has 2 aromatic rings. The van der Waals surface area contributed by atoms with Crippen LogP contribution in [0.4, 0.5) is 0 Å². The summed E-state index contributed by atoms with van der Waals surface area (Å²) in [6.07, 6.45) is 1.16. The predicted molar refractivity (Wildman–Crippen MR) is 84.5 cm³/mol. The maximum Gasteiger partial charge on any atom is 0.162 e. The second-order valence-corrected chi connectivity index (χ2v) is 5.19. The molecule has 0 heterocycles. The van der Waals surface area contributed by atoms with Crippen LogP contribution in [0.2, 0.25) is 0 Å². The molecule has 0 aliphatic rings. The average molecular weight is 298 g/mol. The first-order valence-electron chi connectivity index (χ1n) is 7.14. The molecule has 0 fully saturated rings. The molecule has 4 heteroatoms. The van der Waals surface area contributed by atoms with E-state index in [0.717, 1.165) is 6.42 Å². The molecule has 0 saturated carbocycles. The van der Waals surface area contributed by atoms with Gasteiger partial charge in [-0.25, -0.2) is 0 Å². The van der Waals surface area contributed by atoms with Crippen molar-refractivity contribution in [3.63, 3.8) is 0 Å². The van der Waals surface area contributed by atoms with E-state index in [1.54, 1.807) is 12.1 Å². The number of carbonyl (C=O) groups is 2. The molecule has 22 heavy (non-hydrogen) atoms. The SMILES string of the molecule is CCCC(=O)c1ccc(O)c(-c2cc(C(C)=O)ccc2O)c1. The number of carbonyl (C=O) groups excluding carboxylic acids is 2. The molecule has 0 atom stereocenters. The lowest BCUT2D eigenvalue weighted by Crippen LogP contribution is -1.99. The zero-order chi connectivity index (χ0) is 16.3. The predicted octanol–water partition coefficient (Wildman–Crippen LogP) is 3.95. The highest BCUT2D eigenvalue weighted by Gasteiger charge is 2.14. The Balaban J connectivity index is 2.56. The highest BCUT2D eigenvalue weighted by atomic mass is 16.3. The topological polar surface area (TPSA) is 74.6 Å². The summed E-state index contributed by atoms with van der Waals surface area (Å²) in [5.74, 6) is -0.269. The molecular weight excluding hydrogens is 280 g/mol. The van der Waals surface area contributed by atoms with Crippen LogP contribution in [0, 0.1) is 0 Å². The summed E-state index contributed by atoms with van der Waals surface area (Å²) < 4.78 is 0. The molecule has 0 spiro atoms. The van der Waals surface area contributed by atoms with Gasteiger partial charge in [0.05, 0.1) is 0 Å². The fourth-order valence-corrected chi connectivity index (χ4v) is 2.27. The van der Waals surface area contributed by atoms with Crippen LogP contribution in [0.1, 0.15) is 47.4 Å². The van der Waals surface area contributed by atoms with Gasteiger partial charge in [-0.15, -0.1) is 0 Å². The van der Waals surface area contributed by atoms with Crippen LogP contribution in [-0.2, 0) is 0 Å². The summed E-state index contributed by atoms with van der Waals surface area (Å²) in [4.78, 5) is 23.5. The molecule has 114 valence electrons. The van der Waals surface area contributed by atoms with E-state index in [4.69, 9.17) is 0 Å². The smallest absolute Gasteiger partial charge is 0.162 e. The standard InChI is InChI=1S/C18H18O4/c1-3-4-16(20)13-6-8-18(22)15(10-13)14-9-12(11(2)19)5-7-17(14)21/h5-10,21-22H,3-4H2,1-2H3. The molecule has 2 N–H and O–H groups in total. The van der Waals surface area contributed by atoms with Crippen molar-refractivity contribution < 1.29 is 19.8 Å². The highest BCUT2D eigenvalue weighted by molar-refractivity contribution is 5.99. The number of hydrogen-bond donors (Lipinski definition) is 2. The molecule has 0 radical (unpaired) electrons. The molecule has 2 aromatic carbocycles. The number of rotatable bonds is 5. The van der Waals surface area contributed by atoms with Gasteiger partial charge < -0.3 is 10.2 Å². The number of phenols is 2. The van der Waals surface area contributed by atoms with Crippen LogP contribution >= 0.6 is 0 Å². The molecule has 0 amide bonds. The van der Waals surface area contributed by atoms with E-state index < -0.39 is 0 Å². The van der Waals surface area contributed by atoms with Crippen LogP contribution in [-0.4, -0.2) is 21.8 Å². The van der Waals surface area contributed by atoms with Crippen molar-refractivity contribution in [2.24, 2.45) is 0 Å². The Labute approximate surface area is 129 Å². The van der Waals surface area contributed by atoms with E-state index in [1.165, 1.54) is 31.2 Å². The minimum Gasteiger partial charge on any atom is -0.507 e. The van der Waals surface area contributed by atoms with Crippen LogP contribution in [0.3, 0.4) is 0 Å². The minimum atomic E-state index is -0.140. The number of hydrogen-bond acceptors (Lipinski definition) is 4. The fraction of sp³-hybridized carbons (Fsp3) is 0.222. The first-order chi connectivity index (χ1) is 10.4. The summed E-state index contributed by atoms with van der Waals surface area (Å²) in [6, 6.07) is 8.98. The second-order valence-electron chi connectivity index (χ2n) is 5.19. The quantitative estimate of drug-likeness (QED) is 0.820. The zero-order valence-electron chi connectivity index (χ0n) is 12.6. The van der Waals surface area contributed by atoms with Gasteiger partial charge in [0.15, 0.2) is 11.6 Å². The van der Waals surface area contributed by atoms with Gasteiger partial charge in [-0.3, -0.25) is 9.59 Å². The Morgan fingerprint density at radius 3 is 1.91 bits per heavy atom. The molecule has 0 aliphatic heterocycles. The Morgan fingerprint density at radius 1 is 0.909 bits per heavy atom. The summed E-state index contributed by atoms with van der Waals surface area (Å²) >= 11 is 0. The molecule has 2 rings (SSSR count). The van der Waals surface area contributed by atoms with Crippen LogP contribution in [0.25, 0.3) is 11.1 Å². The molecule has 0 saturated heterocycles. The largest absolute Gasteiger partial charge is 0.507 e. The highest BCUT2D eigenvalue weighted by Crippen LogP contribution is 2.36. The van der Waals surface area contributed by atoms with E-state index in [2.05, 4.69) is 0 Å². The summed E-state index contributed by atoms with van der Waals surface area (Å²) in [7, 11) is 0. The van der Waals surface area contributed by atoms with Crippen molar-refractivity contribution in [2.75, 3.05) is 0 Å². The van der Waals surface area contributed by atoms with Crippen LogP contribution in [0.5, 0.6) is 11.5 Å². The normalized spacial score (nSPS) is 10.5. The van der Waals surface area contributed by atoms with Crippen molar-refractivity contribution >= 4 is 11.6 Å². The Kier molecular flexibility index (Phi) is 4.61. The number of ketones is 2. The van der Waals surface area contributed by atoms with Crippen molar-refractivity contribution in [3.05, 3.63) is 47.5 Å². The second kappa shape index (κ2) is 6.43. The first-order valence-corrected chi connectivity index (χ1v) is 7.14. The fourth-order valence-electron chi connectivity index (χ4n) is 2.27. The van der Waals surface area contributed by atoms with Gasteiger partial charge in [-0.2, -0.15) is 0 Å². The number of aromatic hydroxyl groups is 2. The number of Topliss-reactive ketones (excluding diaryl/α,β-unsaturated/α-hetero) is 2. The zero-order valence-corrected chi connectivity index (χ0v) is 12.6. The minimum absolute atomic E-state index is 0.0223. The molecule has 0 aliphatic carbocycles. The summed E-state index contributed by atoms with van der Waals surface area (Å²) in [5, 5.41) is 20.1. The van der Waals surface area contributed by atoms with Gasteiger partial charge in [0, 0.05) is 28.7 Å². The van der Waals surface area contributed by atoms with E-state index >= 15 is 0 Å². The van der Waals surface area contributed by atoms with E-state index in [1.807, 2.05) is 6.92 Å². The van der Waals surface area contributed by atoms with Gasteiger partial charge >= 0.3 is 0 Å². The Bertz CT molecular complexity index is 732. The van der Waals surface area contributed by atoms with Gasteiger partial charge in [-0.1, -0.05) is 6.92 Å². The van der Waals surface area contributed by atoms with Gasteiger partial charge in [0.2, 0.25) is 0 Å². The van der Waals surface area contributed by atoms with Crippen molar-refractivity contribution in [1.29, 1.82) is 0 Å². The monoisotopic (exact) mass is 298 g/mol. The lowest BCUT2D eigenvalue weighted by molar-refractivity contribution is 0.0979. The third-order valence-electron chi connectivity index (χ3n) is 3.49. The number of phenolic OH excluding ortho intramolecular Hbond substituents is 2. The maximum absolute atomic E-state index is 12.0. The lowest BCUT2D eigenvalue weighted by Gasteiger charge is -2.10. The molecular formula is C18H18O4. The Morgan fingerprint density at radius 2 is 1.41 bits per heavy atom. The third-order valence-corrected chi connectivity index (χ3v) is 3.49. The van der Waals surface area contributed by atoms with Crippen molar-refractivity contribution in [3.8, 4) is 22.6 Å². The third kappa shape index (κ3) is 3.17. The van der Waals surface area contributed by atoms with Gasteiger partial charge in [0.25, 0.3) is 0 Å².